The minimum absolute atomic E-state index is 0.103. The molecule has 0 bridgehead atoms. The minimum Gasteiger partial charge on any atom is -0.370 e. The van der Waals surface area contributed by atoms with E-state index in [-0.39, 0.29) is 23.6 Å². The van der Waals surface area contributed by atoms with E-state index in [0.717, 1.165) is 11.1 Å². The van der Waals surface area contributed by atoms with E-state index >= 15 is 0 Å². The summed E-state index contributed by atoms with van der Waals surface area (Å²) in [6, 6.07) is 11.0. The number of hydrogen-bond donors (Lipinski definition) is 1. The zero-order chi connectivity index (χ0) is 26.8. The van der Waals surface area contributed by atoms with Gasteiger partial charge in [-0.1, -0.05) is 12.1 Å². The van der Waals surface area contributed by atoms with E-state index in [1.165, 1.54) is 19.1 Å². The maximum atomic E-state index is 13.6. The quantitative estimate of drug-likeness (QED) is 0.325. The van der Waals surface area contributed by atoms with Crippen molar-refractivity contribution >= 4 is 0 Å². The van der Waals surface area contributed by atoms with Gasteiger partial charge in [0.15, 0.2) is 0 Å². The molecule has 1 heterocycles. The number of alkyl halides is 6. The first-order valence-corrected chi connectivity index (χ1v) is 11.7. The molecule has 0 unspecified atom stereocenters. The van der Waals surface area contributed by atoms with E-state index in [1.54, 1.807) is 24.5 Å². The number of nitrogens with zero attached hydrogens (tertiary/aromatic N) is 1. The third-order valence-electron chi connectivity index (χ3n) is 6.63. The molecule has 1 fully saturated rings. The van der Waals surface area contributed by atoms with Gasteiger partial charge in [-0.25, -0.2) is 4.39 Å². The number of rotatable bonds is 7. The molecule has 0 amide bonds. The second-order valence-corrected chi connectivity index (χ2v) is 9.15. The monoisotopic (exact) mass is 526 g/mol. The van der Waals surface area contributed by atoms with Gasteiger partial charge in [0.05, 0.1) is 23.3 Å². The highest BCUT2D eigenvalue weighted by Gasteiger charge is 2.40. The fourth-order valence-electron chi connectivity index (χ4n) is 4.78. The molecule has 1 aliphatic rings. The average Bonchev–Trinajstić information content (AvgIpc) is 3.24. The zero-order valence-electron chi connectivity index (χ0n) is 19.8. The van der Waals surface area contributed by atoms with E-state index in [2.05, 4.69) is 10.3 Å². The Hall–Kier alpha value is -2.98. The Morgan fingerprint density at radius 2 is 1.49 bits per heavy atom. The van der Waals surface area contributed by atoms with Crippen molar-refractivity contribution < 1.29 is 35.5 Å². The van der Waals surface area contributed by atoms with Crippen LogP contribution >= 0.6 is 0 Å². The number of benzene rings is 2. The average molecular weight is 526 g/mol. The van der Waals surface area contributed by atoms with Crippen molar-refractivity contribution in [1.82, 2.24) is 10.3 Å². The van der Waals surface area contributed by atoms with Gasteiger partial charge >= 0.3 is 12.4 Å². The van der Waals surface area contributed by atoms with Crippen molar-refractivity contribution in [1.29, 1.82) is 0 Å². The molecule has 1 N–H and O–H groups in total. The summed E-state index contributed by atoms with van der Waals surface area (Å²) < 4.78 is 99.8. The zero-order valence-corrected chi connectivity index (χ0v) is 19.8. The van der Waals surface area contributed by atoms with Crippen LogP contribution in [0.4, 0.5) is 30.7 Å². The molecule has 1 aromatic heterocycles. The maximum absolute atomic E-state index is 13.6. The normalized spacial score (nSPS) is 21.2. The van der Waals surface area contributed by atoms with Crippen LogP contribution < -0.4 is 5.32 Å². The van der Waals surface area contributed by atoms with Crippen molar-refractivity contribution in [2.75, 3.05) is 0 Å². The highest BCUT2D eigenvalue weighted by atomic mass is 19.4. The third kappa shape index (κ3) is 6.67. The second kappa shape index (κ2) is 10.8. The van der Waals surface area contributed by atoms with Crippen LogP contribution in [0, 0.1) is 5.82 Å². The number of pyridine rings is 1. The number of aromatic nitrogens is 1. The third-order valence-corrected chi connectivity index (χ3v) is 6.63. The van der Waals surface area contributed by atoms with Crippen LogP contribution in [0.1, 0.15) is 59.6 Å². The molecule has 3 nitrogen and oxygen atoms in total. The summed E-state index contributed by atoms with van der Waals surface area (Å²) in [6.45, 7) is 1.96. The van der Waals surface area contributed by atoms with Gasteiger partial charge in [-0.2, -0.15) is 26.3 Å². The smallest absolute Gasteiger partial charge is 0.370 e. The molecule has 1 aliphatic carbocycles. The molecular weight excluding hydrogens is 501 g/mol. The Kier molecular flexibility index (Phi) is 7.89. The lowest BCUT2D eigenvalue weighted by atomic mass is 9.91. The molecule has 0 aliphatic heterocycles. The molecule has 2 aromatic carbocycles. The Labute approximate surface area is 209 Å². The van der Waals surface area contributed by atoms with Crippen LogP contribution in [0.2, 0.25) is 0 Å². The molecule has 1 saturated carbocycles. The van der Waals surface area contributed by atoms with Gasteiger partial charge in [0, 0.05) is 30.9 Å². The fraction of sp³-hybridized carbons (Fsp3) is 0.370. The van der Waals surface area contributed by atoms with Crippen molar-refractivity contribution in [3.05, 3.63) is 101 Å². The van der Waals surface area contributed by atoms with Gasteiger partial charge in [0.1, 0.15) is 5.82 Å². The minimum atomic E-state index is -4.94. The standard InChI is InChI=1S/C27H25F7N2O/c1-16(19-12-20(26(29,30)31)14-21(13-19)27(32,33)34)37-24-7-6-23(36-15-17-8-10-35-11-9-17)25(24)18-2-4-22(28)5-3-18/h2-5,8-14,16,23-25,36H,6-7,15H2,1H3/t16-,23-,24+,25+/m1/s1. The summed E-state index contributed by atoms with van der Waals surface area (Å²) in [6.07, 6.45) is -6.94. The lowest BCUT2D eigenvalue weighted by Crippen LogP contribution is -2.34. The summed E-state index contributed by atoms with van der Waals surface area (Å²) in [4.78, 5) is 3.99. The Morgan fingerprint density at radius 3 is 2.05 bits per heavy atom. The molecular formula is C27H25F7N2O. The topological polar surface area (TPSA) is 34.1 Å². The molecule has 4 atom stereocenters. The van der Waals surface area contributed by atoms with Gasteiger partial charge in [0.2, 0.25) is 0 Å². The fourth-order valence-corrected chi connectivity index (χ4v) is 4.78. The van der Waals surface area contributed by atoms with Crippen LogP contribution in [-0.4, -0.2) is 17.1 Å². The maximum Gasteiger partial charge on any atom is 0.416 e. The van der Waals surface area contributed by atoms with Crippen molar-refractivity contribution in [2.45, 2.75) is 62.8 Å². The van der Waals surface area contributed by atoms with Crippen molar-refractivity contribution in [3.63, 3.8) is 0 Å². The first-order chi connectivity index (χ1) is 17.4. The van der Waals surface area contributed by atoms with Crippen molar-refractivity contribution in [3.8, 4) is 0 Å². The van der Waals surface area contributed by atoms with Gasteiger partial charge in [-0.3, -0.25) is 4.98 Å². The molecule has 37 heavy (non-hydrogen) atoms. The Balaban J connectivity index is 1.59. The van der Waals surface area contributed by atoms with E-state index < -0.39 is 41.5 Å². The van der Waals surface area contributed by atoms with Crippen LogP contribution in [0.15, 0.2) is 67.0 Å². The number of hydrogen-bond acceptors (Lipinski definition) is 3. The second-order valence-electron chi connectivity index (χ2n) is 9.15. The number of nitrogens with one attached hydrogen (secondary N) is 1. The van der Waals surface area contributed by atoms with Gasteiger partial charge in [0.25, 0.3) is 0 Å². The predicted octanol–water partition coefficient (Wildman–Crippen LogP) is 7.44. The molecule has 0 saturated heterocycles. The van der Waals surface area contributed by atoms with Gasteiger partial charge < -0.3 is 10.1 Å². The number of ether oxygens (including phenoxy) is 1. The van der Waals surface area contributed by atoms with E-state index in [0.29, 0.717) is 31.5 Å². The molecule has 4 rings (SSSR count). The first kappa shape index (κ1) is 27.1. The molecule has 0 spiro atoms. The summed E-state index contributed by atoms with van der Waals surface area (Å²) >= 11 is 0. The lowest BCUT2D eigenvalue weighted by Gasteiger charge is -2.29. The molecule has 198 valence electrons. The van der Waals surface area contributed by atoms with Gasteiger partial charge in [-0.05, 0) is 78.9 Å². The highest BCUT2D eigenvalue weighted by molar-refractivity contribution is 5.35. The molecule has 0 radical (unpaired) electrons. The van der Waals surface area contributed by atoms with Crippen LogP contribution in [0.5, 0.6) is 0 Å². The predicted molar refractivity (Wildman–Crippen MR) is 123 cm³/mol. The van der Waals surface area contributed by atoms with Crippen LogP contribution in [-0.2, 0) is 23.6 Å². The van der Waals surface area contributed by atoms with Crippen molar-refractivity contribution in [2.24, 2.45) is 0 Å². The lowest BCUT2D eigenvalue weighted by molar-refractivity contribution is -0.143. The van der Waals surface area contributed by atoms with Crippen LogP contribution in [0.3, 0.4) is 0 Å². The Bertz CT molecular complexity index is 1150. The SMILES string of the molecule is C[C@@H](O[C@H]1CC[C@@H](NCc2ccncc2)[C@@H]1c1ccc(F)cc1)c1cc(C(F)(F)F)cc(C(F)(F)F)c1. The van der Waals surface area contributed by atoms with E-state index in [4.69, 9.17) is 4.74 Å². The largest absolute Gasteiger partial charge is 0.416 e. The van der Waals surface area contributed by atoms with Gasteiger partial charge in [-0.15, -0.1) is 0 Å². The summed E-state index contributed by atoms with van der Waals surface area (Å²) in [5.41, 5.74) is -1.22. The van der Waals surface area contributed by atoms with Crippen LogP contribution in [0.25, 0.3) is 0 Å². The first-order valence-electron chi connectivity index (χ1n) is 11.7. The summed E-state index contributed by atoms with van der Waals surface area (Å²) in [5.74, 6) is -0.713. The molecule has 3 aromatic rings. The number of halogens is 7. The summed E-state index contributed by atoms with van der Waals surface area (Å²) in [7, 11) is 0. The Morgan fingerprint density at radius 1 is 0.892 bits per heavy atom. The molecule has 10 heteroatoms. The highest BCUT2D eigenvalue weighted by Crippen LogP contribution is 2.42. The van der Waals surface area contributed by atoms with E-state index in [1.807, 2.05) is 12.1 Å². The van der Waals surface area contributed by atoms with E-state index in [9.17, 15) is 30.7 Å². The summed E-state index contributed by atoms with van der Waals surface area (Å²) in [5, 5.41) is 3.46.